The summed E-state index contributed by atoms with van der Waals surface area (Å²) in [5.74, 6) is 0.244. The zero-order valence-electron chi connectivity index (χ0n) is 14.8. The summed E-state index contributed by atoms with van der Waals surface area (Å²) in [5, 5.41) is 2.67. The topological polar surface area (TPSA) is 63.7 Å². The maximum Gasteiger partial charge on any atom is 0.487 e. The van der Waals surface area contributed by atoms with Gasteiger partial charge in [0.05, 0.1) is 29.3 Å². The number of morpholine rings is 1. The molecule has 150 valence electrons. The van der Waals surface area contributed by atoms with Crippen LogP contribution in [0.25, 0.3) is 0 Å². The van der Waals surface area contributed by atoms with Crippen LogP contribution in [0.2, 0.25) is 0 Å². The molecule has 0 aliphatic carbocycles. The summed E-state index contributed by atoms with van der Waals surface area (Å²) in [6.07, 6.45) is 1.49. The molecule has 1 fully saturated rings. The van der Waals surface area contributed by atoms with Crippen molar-refractivity contribution in [2.75, 3.05) is 30.0 Å². The van der Waals surface area contributed by atoms with E-state index in [2.05, 4.69) is 35.9 Å². The summed E-state index contributed by atoms with van der Waals surface area (Å²) in [7, 11) is 0. The molecule has 0 unspecified atom stereocenters. The average molecular weight is 477 g/mol. The molecule has 0 radical (unpaired) electrons. The minimum atomic E-state index is -3.79. The zero-order chi connectivity index (χ0) is 20.3. The smallest absolute Gasteiger partial charge is 0.420 e. The summed E-state index contributed by atoms with van der Waals surface area (Å²) >= 11 is 8.19. The van der Waals surface area contributed by atoms with Gasteiger partial charge in [-0.15, -0.1) is 8.78 Å². The van der Waals surface area contributed by atoms with E-state index in [-0.39, 0.29) is 17.7 Å². The Bertz CT molecular complexity index is 849. The van der Waals surface area contributed by atoms with Crippen LogP contribution in [0.15, 0.2) is 41.0 Å². The Balaban J connectivity index is 1.68. The van der Waals surface area contributed by atoms with Crippen LogP contribution in [-0.4, -0.2) is 42.3 Å². The predicted molar refractivity (Wildman–Crippen MR) is 105 cm³/mol. The summed E-state index contributed by atoms with van der Waals surface area (Å²) in [6.45, 7) is 4.00. The number of nitrogens with zero attached hydrogens (tertiary/aromatic N) is 2. The first kappa shape index (κ1) is 20.8. The maximum absolute atomic E-state index is 12.6. The molecule has 1 saturated heterocycles. The summed E-state index contributed by atoms with van der Waals surface area (Å²) < 4.78 is 35.6. The molecule has 0 saturated carbocycles. The predicted octanol–water partition coefficient (Wildman–Crippen LogP) is 4.49. The Morgan fingerprint density at radius 1 is 1.43 bits per heavy atom. The lowest BCUT2D eigenvalue weighted by molar-refractivity contribution is -0.0964. The highest BCUT2D eigenvalue weighted by molar-refractivity contribution is 9.10. The van der Waals surface area contributed by atoms with E-state index in [1.165, 1.54) is 30.5 Å². The number of benzene rings is 1. The monoisotopic (exact) mass is 475 g/mol. The number of amides is 1. The van der Waals surface area contributed by atoms with E-state index >= 15 is 0 Å². The van der Waals surface area contributed by atoms with Crippen molar-refractivity contribution in [3.05, 3.63) is 46.6 Å². The van der Waals surface area contributed by atoms with Crippen molar-refractivity contribution in [3.63, 3.8) is 0 Å². The highest BCUT2D eigenvalue weighted by atomic mass is 79.9. The van der Waals surface area contributed by atoms with Gasteiger partial charge in [0.1, 0.15) is 11.6 Å². The lowest BCUT2D eigenvalue weighted by Crippen LogP contribution is -2.44. The largest absolute Gasteiger partial charge is 0.487 e. The Morgan fingerprint density at radius 2 is 2.14 bits per heavy atom. The second-order valence-corrected chi connectivity index (χ2v) is 7.47. The van der Waals surface area contributed by atoms with Gasteiger partial charge in [0.25, 0.3) is 5.91 Å². The molecule has 2 aromatic rings. The first-order chi connectivity index (χ1) is 13.2. The quantitative estimate of drug-likeness (QED) is 0.644. The van der Waals surface area contributed by atoms with Crippen LogP contribution in [0.3, 0.4) is 0 Å². The van der Waals surface area contributed by atoms with Crippen molar-refractivity contribution in [3.8, 4) is 5.75 Å². The van der Waals surface area contributed by atoms with Crippen LogP contribution in [-0.2, 0) is 4.74 Å². The van der Waals surface area contributed by atoms with Crippen LogP contribution in [0, 0.1) is 0 Å². The van der Waals surface area contributed by atoms with Crippen LogP contribution < -0.4 is 15.0 Å². The van der Waals surface area contributed by atoms with E-state index in [0.717, 1.165) is 5.82 Å². The average Bonchev–Trinajstić information content (AvgIpc) is 2.63. The van der Waals surface area contributed by atoms with Crippen LogP contribution in [0.1, 0.15) is 17.3 Å². The third kappa shape index (κ3) is 5.30. The third-order valence-corrected chi connectivity index (χ3v) is 4.73. The zero-order valence-corrected chi connectivity index (χ0v) is 17.1. The number of aromatic nitrogens is 1. The molecule has 0 spiro atoms. The lowest BCUT2D eigenvalue weighted by Gasteiger charge is -2.34. The Morgan fingerprint density at radius 3 is 2.75 bits per heavy atom. The molecular formula is C18H17BrClF2N3O3. The molecule has 0 bridgehead atoms. The van der Waals surface area contributed by atoms with Gasteiger partial charge >= 0.3 is 5.57 Å². The Labute approximate surface area is 173 Å². The molecule has 28 heavy (non-hydrogen) atoms. The minimum Gasteiger partial charge on any atom is -0.420 e. The molecule has 1 aliphatic rings. The Hall–Kier alpha value is -1.97. The van der Waals surface area contributed by atoms with Crippen molar-refractivity contribution in [2.45, 2.75) is 18.5 Å². The summed E-state index contributed by atoms with van der Waals surface area (Å²) in [4.78, 5) is 19.0. The first-order valence-corrected chi connectivity index (χ1v) is 9.57. The van der Waals surface area contributed by atoms with Crippen LogP contribution in [0.5, 0.6) is 5.75 Å². The molecule has 2 heterocycles. The number of carbonyl (C=O) groups excluding carboxylic acids is 1. The number of hydrogen-bond acceptors (Lipinski definition) is 5. The van der Waals surface area contributed by atoms with Gasteiger partial charge in [0, 0.05) is 30.0 Å². The van der Waals surface area contributed by atoms with E-state index < -0.39 is 5.57 Å². The standard InChI is InChI=1S/C18H17BrClF2N3O3/c1-11-10-27-7-6-25(11)16-15(19)8-12(9-23-16)17(26)24-13-2-4-14(5-3-13)28-18(20,21)22/h2-5,8-9,11H,6-7,10H2,1H3,(H,24,26)/t11-/m0/s1. The van der Waals surface area contributed by atoms with Crippen LogP contribution >= 0.6 is 27.5 Å². The van der Waals surface area contributed by atoms with E-state index in [4.69, 9.17) is 16.3 Å². The number of carbonyl (C=O) groups is 1. The van der Waals surface area contributed by atoms with E-state index in [1.807, 2.05) is 6.92 Å². The van der Waals surface area contributed by atoms with E-state index in [1.54, 1.807) is 6.07 Å². The molecule has 6 nitrogen and oxygen atoms in total. The summed E-state index contributed by atoms with van der Waals surface area (Å²) in [6, 6.07) is 7.29. The van der Waals surface area contributed by atoms with Gasteiger partial charge in [0.15, 0.2) is 0 Å². The molecule has 1 amide bonds. The number of pyridine rings is 1. The second kappa shape index (κ2) is 8.59. The van der Waals surface area contributed by atoms with E-state index in [0.29, 0.717) is 35.5 Å². The normalized spacial score (nSPS) is 17.3. The molecule has 1 aliphatic heterocycles. The third-order valence-electron chi connectivity index (χ3n) is 4.07. The van der Waals surface area contributed by atoms with Crippen molar-refractivity contribution in [1.82, 2.24) is 4.98 Å². The number of halogens is 4. The van der Waals surface area contributed by atoms with Gasteiger partial charge in [-0.2, -0.15) is 0 Å². The fourth-order valence-electron chi connectivity index (χ4n) is 2.75. The molecule has 1 aromatic carbocycles. The molecule has 1 aromatic heterocycles. The first-order valence-electron chi connectivity index (χ1n) is 8.40. The van der Waals surface area contributed by atoms with Gasteiger partial charge in [-0.25, -0.2) is 4.98 Å². The molecule has 1 N–H and O–H groups in total. The fourth-order valence-corrected chi connectivity index (χ4v) is 3.42. The van der Waals surface area contributed by atoms with Crippen molar-refractivity contribution in [2.24, 2.45) is 0 Å². The highest BCUT2D eigenvalue weighted by Crippen LogP contribution is 2.28. The molecule has 1 atom stereocenters. The highest BCUT2D eigenvalue weighted by Gasteiger charge is 2.27. The SMILES string of the molecule is C[C@H]1COCCN1c1ncc(C(=O)Nc2ccc(OC(F)(F)Cl)cc2)cc1Br. The molecule has 3 rings (SSSR count). The molecule has 10 heteroatoms. The van der Waals surface area contributed by atoms with Crippen molar-refractivity contribution in [1.29, 1.82) is 0 Å². The number of anilines is 2. The van der Waals surface area contributed by atoms with Gasteiger partial charge in [-0.3, -0.25) is 4.79 Å². The number of hydrogen-bond donors (Lipinski definition) is 1. The number of nitrogens with one attached hydrogen (secondary N) is 1. The van der Waals surface area contributed by atoms with Gasteiger partial charge in [-0.05, 0) is 53.2 Å². The van der Waals surface area contributed by atoms with E-state index in [9.17, 15) is 13.6 Å². The van der Waals surface area contributed by atoms with Crippen molar-refractivity contribution >= 4 is 44.9 Å². The lowest BCUT2D eigenvalue weighted by atomic mass is 10.2. The number of ether oxygens (including phenoxy) is 2. The maximum atomic E-state index is 12.6. The fraction of sp³-hybridized carbons (Fsp3) is 0.333. The number of alkyl halides is 3. The summed E-state index contributed by atoms with van der Waals surface area (Å²) in [5.41, 5.74) is -3.02. The molecular weight excluding hydrogens is 460 g/mol. The number of rotatable bonds is 5. The minimum absolute atomic E-state index is 0.119. The van der Waals surface area contributed by atoms with Gasteiger partial charge in [-0.1, -0.05) is 0 Å². The van der Waals surface area contributed by atoms with Gasteiger partial charge < -0.3 is 19.7 Å². The second-order valence-electron chi connectivity index (χ2n) is 6.17. The van der Waals surface area contributed by atoms with Gasteiger partial charge in [0.2, 0.25) is 0 Å². The Kier molecular flexibility index (Phi) is 6.36. The van der Waals surface area contributed by atoms with Crippen molar-refractivity contribution < 1.29 is 23.0 Å². The van der Waals surface area contributed by atoms with Crippen LogP contribution in [0.4, 0.5) is 20.3 Å².